The summed E-state index contributed by atoms with van der Waals surface area (Å²) >= 11 is -0.346. The summed E-state index contributed by atoms with van der Waals surface area (Å²) in [5, 5.41) is 0. The Hall–Kier alpha value is 0.543. The van der Waals surface area contributed by atoms with E-state index in [9.17, 15) is 0 Å². The maximum atomic E-state index is 4.85. The van der Waals surface area contributed by atoms with Gasteiger partial charge in [0.1, 0.15) is 0 Å². The molecule has 1 fully saturated rings. The van der Waals surface area contributed by atoms with Crippen molar-refractivity contribution in [3.63, 3.8) is 0 Å². The molecule has 2 nitrogen and oxygen atoms in total. The van der Waals surface area contributed by atoms with Crippen LogP contribution in [0.2, 0.25) is 0 Å². The van der Waals surface area contributed by atoms with Crippen LogP contribution in [0.25, 0.3) is 0 Å². The first-order valence-corrected chi connectivity index (χ1v) is 12.3. The van der Waals surface area contributed by atoms with E-state index >= 15 is 0 Å². The van der Waals surface area contributed by atoms with Gasteiger partial charge in [-0.25, -0.2) is 0 Å². The van der Waals surface area contributed by atoms with Gasteiger partial charge in [0, 0.05) is 26.0 Å². The Balaban J connectivity index is 0.000000360. The molecule has 5 heteroatoms. The van der Waals surface area contributed by atoms with Crippen LogP contribution < -0.4 is 0 Å². The predicted molar refractivity (Wildman–Crippen MR) is 97.7 cm³/mol. The molecule has 2 aliphatic rings. The molecule has 0 amide bonds. The number of hydrogen-bond acceptors (Lipinski definition) is 2. The molecule has 1 aliphatic carbocycles. The van der Waals surface area contributed by atoms with E-state index in [-0.39, 0.29) is 15.1 Å². The number of nitrogens with zero attached hydrogens (tertiary/aromatic N) is 2. The molecular formula is C18H28Cl2N2Ru. The number of hydrogen-bond donors (Lipinski definition) is 0. The molecule has 23 heavy (non-hydrogen) atoms. The number of unbranched alkanes of at least 4 members (excludes halogenated alkanes) is 1. The van der Waals surface area contributed by atoms with E-state index in [4.69, 9.17) is 19.4 Å². The summed E-state index contributed by atoms with van der Waals surface area (Å²) in [4.78, 5) is 4.03. The Labute approximate surface area is 160 Å². The molecule has 8 radical (unpaired) electrons. The average Bonchev–Trinajstić information content (AvgIpc) is 2.93. The van der Waals surface area contributed by atoms with Crippen LogP contribution in [0.3, 0.4) is 0 Å². The Morgan fingerprint density at radius 1 is 1.13 bits per heavy atom. The van der Waals surface area contributed by atoms with Gasteiger partial charge in [-0.05, 0) is 49.9 Å². The van der Waals surface area contributed by atoms with Gasteiger partial charge in [-0.3, -0.25) is 0 Å². The van der Waals surface area contributed by atoms with Crippen LogP contribution in [0, 0.1) is 50.1 Å². The quantitative estimate of drug-likeness (QED) is 0.527. The second-order valence-electron chi connectivity index (χ2n) is 5.67. The first-order valence-electron chi connectivity index (χ1n) is 7.80. The van der Waals surface area contributed by atoms with Crippen LogP contribution in [0.5, 0.6) is 0 Å². The van der Waals surface area contributed by atoms with E-state index in [1.807, 2.05) is 18.1 Å². The molecule has 0 N–H and O–H groups in total. The third kappa shape index (κ3) is 12.5. The third-order valence-electron chi connectivity index (χ3n) is 3.25. The fourth-order valence-corrected chi connectivity index (χ4v) is 1.85. The molecule has 0 bridgehead atoms. The minimum atomic E-state index is -0.346. The molecule has 0 unspecified atom stereocenters. The fourth-order valence-electron chi connectivity index (χ4n) is 1.85. The molecule has 0 aromatic heterocycles. The molecule has 1 saturated carbocycles. The molecule has 0 aromatic rings. The van der Waals surface area contributed by atoms with Gasteiger partial charge in [0.05, 0.1) is 0 Å². The van der Waals surface area contributed by atoms with E-state index < -0.39 is 0 Å². The SMILES string of the molecule is CCCCN1[C]N(C)C=C1.C[C]1[CH][CH][C](C(C)C)[CH][CH]1.[Cl][Ru][Cl]. The molecule has 1 aliphatic heterocycles. The van der Waals surface area contributed by atoms with E-state index in [0.29, 0.717) is 5.92 Å². The predicted octanol–water partition coefficient (Wildman–Crippen LogP) is 5.52. The van der Waals surface area contributed by atoms with Gasteiger partial charge in [0.25, 0.3) is 0 Å². The van der Waals surface area contributed by atoms with Crippen molar-refractivity contribution in [1.29, 1.82) is 0 Å². The Kier molecular flexibility index (Phi) is 15.2. The van der Waals surface area contributed by atoms with Crippen LogP contribution >= 0.6 is 19.4 Å². The van der Waals surface area contributed by atoms with Gasteiger partial charge in [-0.1, -0.05) is 34.1 Å². The summed E-state index contributed by atoms with van der Waals surface area (Å²) in [6.45, 7) is 13.0. The van der Waals surface area contributed by atoms with Gasteiger partial charge < -0.3 is 9.80 Å². The first kappa shape index (κ1) is 23.5. The number of rotatable bonds is 4. The van der Waals surface area contributed by atoms with Crippen molar-refractivity contribution in [1.82, 2.24) is 9.80 Å². The van der Waals surface area contributed by atoms with Gasteiger partial charge in [0.15, 0.2) is 0 Å². The molecule has 0 spiro atoms. The van der Waals surface area contributed by atoms with E-state index in [0.717, 1.165) is 6.54 Å². The van der Waals surface area contributed by atoms with Gasteiger partial charge in [-0.15, -0.1) is 0 Å². The Bertz CT molecular complexity index is 293. The maximum absolute atomic E-state index is 4.85. The standard InChI is InChI=1S/C10H14.C8H14N2.2ClH.Ru/c1-8(2)10-6-4-9(3)5-7-10;1-3-4-5-10-7-6-9(2)8-10;;;/h4-8H,1-3H3;6-7H,3-5H2,1-2H3;2*1H;/q;;;;+2/p-2. The van der Waals surface area contributed by atoms with Gasteiger partial charge >= 0.3 is 34.5 Å². The van der Waals surface area contributed by atoms with Crippen molar-refractivity contribution in [3.05, 3.63) is 56.6 Å². The molecule has 0 aromatic carbocycles. The van der Waals surface area contributed by atoms with E-state index in [1.165, 1.54) is 24.7 Å². The van der Waals surface area contributed by atoms with Crippen LogP contribution in [0.15, 0.2) is 12.4 Å². The van der Waals surface area contributed by atoms with E-state index in [2.05, 4.69) is 71.1 Å². The van der Waals surface area contributed by atoms with Crippen molar-refractivity contribution in [3.8, 4) is 0 Å². The fraction of sp³-hybridized carbons (Fsp3) is 0.500. The zero-order valence-corrected chi connectivity index (χ0v) is 17.9. The van der Waals surface area contributed by atoms with Crippen LogP contribution in [0.4, 0.5) is 0 Å². The normalized spacial score (nSPS) is 18.8. The Morgan fingerprint density at radius 2 is 1.70 bits per heavy atom. The van der Waals surface area contributed by atoms with Crippen molar-refractivity contribution < 1.29 is 15.1 Å². The average molecular weight is 444 g/mol. The Morgan fingerprint density at radius 3 is 2.09 bits per heavy atom. The van der Waals surface area contributed by atoms with Crippen molar-refractivity contribution in [2.45, 2.75) is 40.5 Å². The summed E-state index contributed by atoms with van der Waals surface area (Å²) < 4.78 is 0. The zero-order chi connectivity index (χ0) is 17.7. The first-order chi connectivity index (χ1) is 10.9. The van der Waals surface area contributed by atoms with Crippen LogP contribution in [-0.4, -0.2) is 23.4 Å². The van der Waals surface area contributed by atoms with Gasteiger partial charge in [0.2, 0.25) is 6.67 Å². The molecule has 132 valence electrons. The molecule has 0 atom stereocenters. The van der Waals surface area contributed by atoms with E-state index in [1.54, 1.807) is 0 Å². The zero-order valence-electron chi connectivity index (χ0n) is 14.7. The molecular weight excluding hydrogens is 416 g/mol. The van der Waals surface area contributed by atoms with Crippen LogP contribution in [0.1, 0.15) is 40.5 Å². The molecule has 1 heterocycles. The third-order valence-corrected chi connectivity index (χ3v) is 3.25. The second kappa shape index (κ2) is 14.9. The summed E-state index contributed by atoms with van der Waals surface area (Å²) in [5.41, 5.74) is 0. The van der Waals surface area contributed by atoms with Crippen molar-refractivity contribution >= 4 is 19.4 Å². The molecule has 2 rings (SSSR count). The second-order valence-corrected chi connectivity index (χ2v) is 8.31. The van der Waals surface area contributed by atoms with Crippen molar-refractivity contribution in [2.75, 3.05) is 13.6 Å². The topological polar surface area (TPSA) is 6.48 Å². The minimum absolute atomic E-state index is 0.346. The van der Waals surface area contributed by atoms with Crippen molar-refractivity contribution in [2.24, 2.45) is 5.92 Å². The van der Waals surface area contributed by atoms with Gasteiger partial charge in [-0.2, -0.15) is 0 Å². The summed E-state index contributed by atoms with van der Waals surface area (Å²) in [7, 11) is 11.7. The molecule has 0 saturated heterocycles. The summed E-state index contributed by atoms with van der Waals surface area (Å²) in [5.74, 6) is 3.41. The summed E-state index contributed by atoms with van der Waals surface area (Å²) in [6.07, 6.45) is 15.3. The number of halogens is 2. The monoisotopic (exact) mass is 444 g/mol. The van der Waals surface area contributed by atoms with Crippen LogP contribution in [-0.2, 0) is 15.1 Å². The summed E-state index contributed by atoms with van der Waals surface area (Å²) in [6, 6.07) is 0.